The fourth-order valence-electron chi connectivity index (χ4n) is 5.01. The van der Waals surface area contributed by atoms with Gasteiger partial charge in [0, 0.05) is 19.4 Å². The Labute approximate surface area is 215 Å². The molecule has 202 valence electrons. The molecule has 3 aliphatic heterocycles. The number of aliphatic hydroxyl groups excluding tert-OH is 1. The molecule has 0 bridgehead atoms. The molecule has 3 aliphatic rings. The molecule has 3 saturated heterocycles. The number of nitrogens with one attached hydrogen (secondary N) is 1. The molecule has 8 nitrogen and oxygen atoms in total. The highest BCUT2D eigenvalue weighted by Crippen LogP contribution is 2.43. The van der Waals surface area contributed by atoms with Crippen molar-refractivity contribution in [2.24, 2.45) is 5.92 Å². The van der Waals surface area contributed by atoms with Crippen LogP contribution in [-0.2, 0) is 28.5 Å². The third-order valence-corrected chi connectivity index (χ3v) is 7.38. The molecule has 0 aromatic heterocycles. The molecule has 0 aromatic rings. The smallest absolute Gasteiger partial charge is 0.303 e. The van der Waals surface area contributed by atoms with E-state index in [-0.39, 0.29) is 48.3 Å². The number of carbonyl (C=O) groups is 2. The van der Waals surface area contributed by atoms with Crippen LogP contribution in [-0.4, -0.2) is 71.9 Å². The van der Waals surface area contributed by atoms with Crippen LogP contribution in [0.4, 0.5) is 0 Å². The van der Waals surface area contributed by atoms with E-state index < -0.39 is 17.8 Å². The largest absolute Gasteiger partial charge is 0.459 e. The Bertz CT molecular complexity index is 862. The van der Waals surface area contributed by atoms with Crippen molar-refractivity contribution in [3.63, 3.8) is 0 Å². The molecule has 1 spiro atoms. The molecule has 0 saturated carbocycles. The molecule has 2 N–H and O–H groups in total. The zero-order valence-corrected chi connectivity index (χ0v) is 22.4. The first-order chi connectivity index (χ1) is 17.0. The average Bonchev–Trinajstić information content (AvgIpc) is 3.59. The number of hydrogen-bond donors (Lipinski definition) is 2. The minimum Gasteiger partial charge on any atom is -0.459 e. The second-order valence-corrected chi connectivity index (χ2v) is 10.6. The Morgan fingerprint density at radius 3 is 2.58 bits per heavy atom. The standard InChI is InChI=1S/C28H43NO7/c1-7-22-15-28(16-33-28)27(32)25(36-22)12-9-17(2)8-11-24-18(3)14-23(20(5)35-24)29-26(31)13-10-19(4)34-21(6)30/h8-10,12-13,18-20,22-25,27,32H,7,11,14-16H2,1-6H3,(H,29,31)/b12-9+,13-10-,17-8+/t18?,19?,20?,22-,23?,24?,25?,27-,28?/m1/s1. The number of aliphatic hydroxyl groups is 1. The number of allylic oxidation sites excluding steroid dienone is 2. The topological polar surface area (TPSA) is 107 Å². The summed E-state index contributed by atoms with van der Waals surface area (Å²) in [7, 11) is 0. The summed E-state index contributed by atoms with van der Waals surface area (Å²) in [6.45, 7) is 11.9. The lowest BCUT2D eigenvalue weighted by Crippen LogP contribution is -2.50. The number of amides is 1. The highest BCUT2D eigenvalue weighted by Gasteiger charge is 2.57. The molecular weight excluding hydrogens is 462 g/mol. The van der Waals surface area contributed by atoms with Crippen molar-refractivity contribution in [2.75, 3.05) is 6.61 Å². The SMILES string of the molecule is CC[C@@H]1CC2(CO2)[C@H](O)C(/C=C/C(C)=C/CC2OC(C)C(NC(=O)/C=C\C(C)OC(C)=O)CC2C)O1. The second kappa shape index (κ2) is 12.5. The maximum Gasteiger partial charge on any atom is 0.303 e. The molecule has 1 amide bonds. The molecule has 0 aliphatic carbocycles. The highest BCUT2D eigenvalue weighted by atomic mass is 16.6. The van der Waals surface area contributed by atoms with E-state index in [1.54, 1.807) is 13.0 Å². The summed E-state index contributed by atoms with van der Waals surface area (Å²) >= 11 is 0. The van der Waals surface area contributed by atoms with E-state index in [4.69, 9.17) is 18.9 Å². The van der Waals surface area contributed by atoms with Crippen LogP contribution in [0.25, 0.3) is 0 Å². The number of rotatable bonds is 9. The van der Waals surface area contributed by atoms with Crippen LogP contribution in [0.1, 0.15) is 67.2 Å². The van der Waals surface area contributed by atoms with Crippen LogP contribution in [0, 0.1) is 5.92 Å². The summed E-state index contributed by atoms with van der Waals surface area (Å²) in [6, 6.07) is -0.0872. The predicted octanol–water partition coefficient (Wildman–Crippen LogP) is 3.38. The van der Waals surface area contributed by atoms with Crippen LogP contribution < -0.4 is 5.32 Å². The van der Waals surface area contributed by atoms with Gasteiger partial charge in [-0.25, -0.2) is 0 Å². The Kier molecular flexibility index (Phi) is 9.92. The first kappa shape index (κ1) is 28.6. The van der Waals surface area contributed by atoms with Crippen molar-refractivity contribution in [1.82, 2.24) is 5.32 Å². The van der Waals surface area contributed by atoms with E-state index in [0.29, 0.717) is 6.61 Å². The maximum atomic E-state index is 12.3. The van der Waals surface area contributed by atoms with Crippen molar-refractivity contribution < 1.29 is 33.6 Å². The Morgan fingerprint density at radius 1 is 1.22 bits per heavy atom. The quantitative estimate of drug-likeness (QED) is 0.214. The van der Waals surface area contributed by atoms with Crippen LogP contribution >= 0.6 is 0 Å². The van der Waals surface area contributed by atoms with Gasteiger partial charge in [0.15, 0.2) is 0 Å². The van der Waals surface area contributed by atoms with Crippen molar-refractivity contribution >= 4 is 11.9 Å². The lowest BCUT2D eigenvalue weighted by molar-refractivity contribution is -0.143. The zero-order valence-electron chi connectivity index (χ0n) is 22.4. The van der Waals surface area contributed by atoms with Crippen molar-refractivity contribution in [1.29, 1.82) is 0 Å². The fraction of sp³-hybridized carbons (Fsp3) is 0.714. The number of ether oxygens (including phenoxy) is 4. The molecule has 36 heavy (non-hydrogen) atoms. The van der Waals surface area contributed by atoms with Gasteiger partial charge < -0.3 is 29.4 Å². The highest BCUT2D eigenvalue weighted by molar-refractivity contribution is 5.87. The van der Waals surface area contributed by atoms with Crippen LogP contribution in [0.3, 0.4) is 0 Å². The normalized spacial score (nSPS) is 37.9. The van der Waals surface area contributed by atoms with Gasteiger partial charge in [-0.1, -0.05) is 37.6 Å². The molecule has 0 aromatic carbocycles. The number of epoxide rings is 1. The van der Waals surface area contributed by atoms with Crippen molar-refractivity contribution in [3.8, 4) is 0 Å². The fourth-order valence-corrected chi connectivity index (χ4v) is 5.01. The summed E-state index contributed by atoms with van der Waals surface area (Å²) in [6.07, 6.45) is 10.9. The summed E-state index contributed by atoms with van der Waals surface area (Å²) in [5, 5.41) is 13.7. The van der Waals surface area contributed by atoms with Gasteiger partial charge in [0.1, 0.15) is 23.9 Å². The Morgan fingerprint density at radius 2 is 1.94 bits per heavy atom. The van der Waals surface area contributed by atoms with E-state index in [1.165, 1.54) is 13.0 Å². The lowest BCUT2D eigenvalue weighted by atomic mass is 9.87. The van der Waals surface area contributed by atoms with Crippen LogP contribution in [0.2, 0.25) is 0 Å². The number of hydrogen-bond acceptors (Lipinski definition) is 7. The Hall–Kier alpha value is -2.00. The van der Waals surface area contributed by atoms with E-state index in [0.717, 1.165) is 31.3 Å². The molecule has 8 heteroatoms. The lowest BCUT2D eigenvalue weighted by Gasteiger charge is -2.39. The molecular formula is C28H43NO7. The summed E-state index contributed by atoms with van der Waals surface area (Å²) in [5.74, 6) is -0.339. The van der Waals surface area contributed by atoms with Gasteiger partial charge in [0.05, 0.1) is 31.0 Å². The van der Waals surface area contributed by atoms with Crippen molar-refractivity contribution in [3.05, 3.63) is 36.0 Å². The van der Waals surface area contributed by atoms with E-state index >= 15 is 0 Å². The average molecular weight is 506 g/mol. The number of carbonyl (C=O) groups excluding carboxylic acids is 2. The molecule has 3 fully saturated rings. The van der Waals surface area contributed by atoms with Crippen LogP contribution in [0.5, 0.6) is 0 Å². The first-order valence-electron chi connectivity index (χ1n) is 13.2. The minimum atomic E-state index is -0.640. The molecule has 9 atom stereocenters. The molecule has 0 radical (unpaired) electrons. The van der Waals surface area contributed by atoms with Gasteiger partial charge in [-0.05, 0) is 52.0 Å². The van der Waals surface area contributed by atoms with E-state index in [9.17, 15) is 14.7 Å². The molecule has 3 heterocycles. The Balaban J connectivity index is 1.48. The monoisotopic (exact) mass is 505 g/mol. The summed E-state index contributed by atoms with van der Waals surface area (Å²) in [5.41, 5.74) is 0.663. The van der Waals surface area contributed by atoms with Gasteiger partial charge in [0.2, 0.25) is 5.91 Å². The van der Waals surface area contributed by atoms with Gasteiger partial charge in [-0.2, -0.15) is 0 Å². The first-order valence-corrected chi connectivity index (χ1v) is 13.2. The third kappa shape index (κ3) is 7.75. The van der Waals surface area contributed by atoms with E-state index in [2.05, 4.69) is 25.2 Å². The van der Waals surface area contributed by atoms with Gasteiger partial charge in [0.25, 0.3) is 0 Å². The van der Waals surface area contributed by atoms with Gasteiger partial charge in [-0.3, -0.25) is 9.59 Å². The number of esters is 1. The summed E-state index contributed by atoms with van der Waals surface area (Å²) < 4.78 is 22.9. The molecule has 7 unspecified atom stereocenters. The van der Waals surface area contributed by atoms with Crippen LogP contribution in [0.15, 0.2) is 36.0 Å². The van der Waals surface area contributed by atoms with Gasteiger partial charge in [-0.15, -0.1) is 0 Å². The minimum absolute atomic E-state index is 0.0557. The molecule has 3 rings (SSSR count). The second-order valence-electron chi connectivity index (χ2n) is 10.6. The predicted molar refractivity (Wildman–Crippen MR) is 136 cm³/mol. The maximum absolute atomic E-state index is 12.3. The van der Waals surface area contributed by atoms with E-state index in [1.807, 2.05) is 26.0 Å². The van der Waals surface area contributed by atoms with Crippen molar-refractivity contribution in [2.45, 2.75) is 115 Å². The van der Waals surface area contributed by atoms with Gasteiger partial charge >= 0.3 is 5.97 Å². The third-order valence-electron chi connectivity index (χ3n) is 7.38. The summed E-state index contributed by atoms with van der Waals surface area (Å²) in [4.78, 5) is 23.3. The zero-order chi connectivity index (χ0) is 26.5.